The predicted molar refractivity (Wildman–Crippen MR) is 81.2 cm³/mol. The van der Waals surface area contributed by atoms with Crippen LogP contribution < -0.4 is 5.73 Å². The van der Waals surface area contributed by atoms with Gasteiger partial charge >= 0.3 is 0 Å². The Hall–Kier alpha value is -2.26. The van der Waals surface area contributed by atoms with Gasteiger partial charge in [-0.1, -0.05) is 18.2 Å². The molecule has 3 rings (SSSR count). The molecule has 0 aliphatic heterocycles. The van der Waals surface area contributed by atoms with Gasteiger partial charge in [0.05, 0.1) is 5.52 Å². The Bertz CT molecular complexity index is 689. The first-order valence-corrected chi connectivity index (χ1v) is 6.83. The fourth-order valence-electron chi connectivity index (χ4n) is 2.48. The topological polar surface area (TPSA) is 51.8 Å². The summed E-state index contributed by atoms with van der Waals surface area (Å²) < 4.78 is 0. The zero-order valence-corrected chi connectivity index (χ0v) is 11.2. The van der Waals surface area contributed by atoms with Gasteiger partial charge in [0, 0.05) is 30.0 Å². The first-order chi connectivity index (χ1) is 9.84. The minimum absolute atomic E-state index is 0.0241. The van der Waals surface area contributed by atoms with E-state index in [0.29, 0.717) is 0 Å². The van der Waals surface area contributed by atoms with Crippen molar-refractivity contribution in [3.05, 3.63) is 72.2 Å². The lowest BCUT2D eigenvalue weighted by Gasteiger charge is -2.14. The largest absolute Gasteiger partial charge is 0.324 e. The number of aromatic nitrogens is 2. The van der Waals surface area contributed by atoms with Crippen LogP contribution in [0.3, 0.4) is 0 Å². The first-order valence-electron chi connectivity index (χ1n) is 6.83. The summed E-state index contributed by atoms with van der Waals surface area (Å²) in [7, 11) is 0. The molecule has 0 bridgehead atoms. The Kier molecular flexibility index (Phi) is 3.70. The fraction of sp³-hybridized carbons (Fsp3) is 0.176. The van der Waals surface area contributed by atoms with E-state index in [1.165, 1.54) is 11.1 Å². The number of hydrogen-bond donors (Lipinski definition) is 1. The number of fused-ring (bicyclic) bond motifs is 1. The molecule has 0 saturated carbocycles. The van der Waals surface area contributed by atoms with Gasteiger partial charge in [0.25, 0.3) is 0 Å². The molecule has 3 heteroatoms. The van der Waals surface area contributed by atoms with Gasteiger partial charge in [-0.25, -0.2) is 0 Å². The summed E-state index contributed by atoms with van der Waals surface area (Å²) in [5.41, 5.74) is 9.81. The monoisotopic (exact) mass is 263 g/mol. The van der Waals surface area contributed by atoms with Crippen LogP contribution in [0.15, 0.2) is 61.1 Å². The van der Waals surface area contributed by atoms with Gasteiger partial charge in [0.2, 0.25) is 0 Å². The average molecular weight is 263 g/mol. The maximum atomic E-state index is 6.37. The normalized spacial score (nSPS) is 12.4. The smallest absolute Gasteiger partial charge is 0.0705 e. The number of rotatable bonds is 4. The molecule has 0 amide bonds. The van der Waals surface area contributed by atoms with Crippen LogP contribution in [0.2, 0.25) is 0 Å². The number of aryl methyl sites for hydroxylation is 1. The Morgan fingerprint density at radius 1 is 0.950 bits per heavy atom. The van der Waals surface area contributed by atoms with Crippen molar-refractivity contribution in [2.75, 3.05) is 0 Å². The Balaban J connectivity index is 1.80. The number of hydrogen-bond acceptors (Lipinski definition) is 3. The second kappa shape index (κ2) is 5.80. The van der Waals surface area contributed by atoms with Crippen LogP contribution in [-0.2, 0) is 6.42 Å². The van der Waals surface area contributed by atoms with Crippen molar-refractivity contribution >= 4 is 10.9 Å². The van der Waals surface area contributed by atoms with Crippen molar-refractivity contribution in [1.29, 1.82) is 0 Å². The summed E-state index contributed by atoms with van der Waals surface area (Å²) in [6.07, 6.45) is 7.33. The van der Waals surface area contributed by atoms with E-state index in [0.717, 1.165) is 23.7 Å². The first kappa shape index (κ1) is 12.8. The molecule has 0 fully saturated rings. The van der Waals surface area contributed by atoms with Crippen molar-refractivity contribution in [3.63, 3.8) is 0 Å². The zero-order chi connectivity index (χ0) is 13.8. The van der Waals surface area contributed by atoms with Crippen LogP contribution in [0.1, 0.15) is 23.6 Å². The predicted octanol–water partition coefficient (Wildman–Crippen LogP) is 3.26. The van der Waals surface area contributed by atoms with Crippen LogP contribution in [0, 0.1) is 0 Å². The standard InChI is InChI=1S/C17H17N3/c18-16(7-6-13-8-11-19-12-9-13)14-3-1-5-17-15(14)4-2-10-20-17/h1-5,8-12,16H,6-7,18H2. The van der Waals surface area contributed by atoms with Gasteiger partial charge in [-0.05, 0) is 48.2 Å². The van der Waals surface area contributed by atoms with Crippen molar-refractivity contribution in [1.82, 2.24) is 9.97 Å². The highest BCUT2D eigenvalue weighted by Crippen LogP contribution is 2.24. The Morgan fingerprint density at radius 2 is 1.80 bits per heavy atom. The van der Waals surface area contributed by atoms with Crippen LogP contribution in [0.5, 0.6) is 0 Å². The Labute approximate surface area is 118 Å². The third-order valence-electron chi connectivity index (χ3n) is 3.57. The zero-order valence-electron chi connectivity index (χ0n) is 11.2. The average Bonchev–Trinajstić information content (AvgIpc) is 2.53. The van der Waals surface area contributed by atoms with E-state index in [1.807, 2.05) is 48.9 Å². The Morgan fingerprint density at radius 3 is 2.65 bits per heavy atom. The lowest BCUT2D eigenvalue weighted by Crippen LogP contribution is -2.12. The van der Waals surface area contributed by atoms with Gasteiger partial charge in [-0.15, -0.1) is 0 Å². The highest BCUT2D eigenvalue weighted by atomic mass is 14.7. The number of benzene rings is 1. The number of nitrogens with two attached hydrogens (primary N) is 1. The molecule has 1 unspecified atom stereocenters. The maximum Gasteiger partial charge on any atom is 0.0705 e. The molecule has 0 saturated heterocycles. The third-order valence-corrected chi connectivity index (χ3v) is 3.57. The number of nitrogens with zero attached hydrogens (tertiary/aromatic N) is 2. The van der Waals surface area contributed by atoms with E-state index in [9.17, 15) is 0 Å². The van der Waals surface area contributed by atoms with Crippen molar-refractivity contribution in [2.24, 2.45) is 5.73 Å². The summed E-state index contributed by atoms with van der Waals surface area (Å²) in [6, 6.07) is 14.3. The molecule has 0 aliphatic carbocycles. The van der Waals surface area contributed by atoms with Crippen molar-refractivity contribution in [3.8, 4) is 0 Å². The molecular formula is C17H17N3. The molecule has 2 heterocycles. The minimum atomic E-state index is 0.0241. The van der Waals surface area contributed by atoms with Crippen molar-refractivity contribution < 1.29 is 0 Å². The molecule has 1 aromatic carbocycles. The number of pyridine rings is 2. The fourth-order valence-corrected chi connectivity index (χ4v) is 2.48. The van der Waals surface area contributed by atoms with Crippen LogP contribution in [-0.4, -0.2) is 9.97 Å². The van der Waals surface area contributed by atoms with Crippen molar-refractivity contribution in [2.45, 2.75) is 18.9 Å². The summed E-state index contributed by atoms with van der Waals surface area (Å²) in [4.78, 5) is 8.41. The maximum absolute atomic E-state index is 6.37. The van der Waals surface area contributed by atoms with E-state index in [4.69, 9.17) is 5.73 Å². The van der Waals surface area contributed by atoms with E-state index < -0.39 is 0 Å². The van der Waals surface area contributed by atoms with E-state index in [1.54, 1.807) is 0 Å². The molecule has 1 atom stereocenters. The quantitative estimate of drug-likeness (QED) is 0.786. The third kappa shape index (κ3) is 2.68. The second-order valence-electron chi connectivity index (χ2n) is 4.92. The highest BCUT2D eigenvalue weighted by molar-refractivity contribution is 5.82. The molecule has 0 aliphatic rings. The van der Waals surface area contributed by atoms with E-state index >= 15 is 0 Å². The van der Waals surface area contributed by atoms with E-state index in [2.05, 4.69) is 22.1 Å². The lowest BCUT2D eigenvalue weighted by molar-refractivity contribution is 0.655. The second-order valence-corrected chi connectivity index (χ2v) is 4.92. The van der Waals surface area contributed by atoms with Crippen LogP contribution in [0.4, 0.5) is 0 Å². The summed E-state index contributed by atoms with van der Waals surface area (Å²) in [5, 5.41) is 1.15. The lowest BCUT2D eigenvalue weighted by atomic mass is 9.97. The van der Waals surface area contributed by atoms with Gasteiger partial charge in [-0.2, -0.15) is 0 Å². The van der Waals surface area contributed by atoms with Crippen LogP contribution in [0.25, 0.3) is 10.9 Å². The molecule has 2 N–H and O–H groups in total. The van der Waals surface area contributed by atoms with E-state index in [-0.39, 0.29) is 6.04 Å². The molecule has 0 spiro atoms. The minimum Gasteiger partial charge on any atom is -0.324 e. The molecule has 20 heavy (non-hydrogen) atoms. The van der Waals surface area contributed by atoms with Gasteiger partial charge in [0.15, 0.2) is 0 Å². The molecule has 2 aromatic heterocycles. The molecule has 0 radical (unpaired) electrons. The molecular weight excluding hydrogens is 246 g/mol. The summed E-state index contributed by atoms with van der Waals surface area (Å²) in [5.74, 6) is 0. The highest BCUT2D eigenvalue weighted by Gasteiger charge is 2.10. The molecule has 100 valence electrons. The SMILES string of the molecule is NC(CCc1ccncc1)c1cccc2ncccc12. The summed E-state index contributed by atoms with van der Waals surface area (Å²) in [6.45, 7) is 0. The van der Waals surface area contributed by atoms with Crippen LogP contribution >= 0.6 is 0 Å². The van der Waals surface area contributed by atoms with Gasteiger partial charge in [0.1, 0.15) is 0 Å². The van der Waals surface area contributed by atoms with Gasteiger partial charge in [-0.3, -0.25) is 9.97 Å². The molecule has 3 nitrogen and oxygen atoms in total. The van der Waals surface area contributed by atoms with Gasteiger partial charge < -0.3 is 5.73 Å². The molecule has 3 aromatic rings. The summed E-state index contributed by atoms with van der Waals surface area (Å²) >= 11 is 0.